The molecule has 1 aliphatic rings. The third-order valence-corrected chi connectivity index (χ3v) is 6.85. The fraction of sp³-hybridized carbons (Fsp3) is 1.00. The third-order valence-electron chi connectivity index (χ3n) is 6.85. The highest BCUT2D eigenvalue weighted by Gasteiger charge is 2.43. The lowest BCUT2D eigenvalue weighted by atomic mass is 9.67. The van der Waals surface area contributed by atoms with Crippen molar-refractivity contribution in [1.29, 1.82) is 0 Å². The molecule has 2 N–H and O–H groups in total. The van der Waals surface area contributed by atoms with Gasteiger partial charge in [-0.3, -0.25) is 0 Å². The number of aliphatic hydroxyl groups excluding tert-OH is 1. The zero-order valence-electron chi connectivity index (χ0n) is 17.2. The third kappa shape index (κ3) is 5.44. The van der Waals surface area contributed by atoms with Crippen LogP contribution in [-0.4, -0.2) is 34.1 Å². The smallest absolute Gasteiger partial charge is 0.0865 e. The summed E-state index contributed by atoms with van der Waals surface area (Å²) in [5, 5.41) is 21.1. The first kappa shape index (κ1) is 21.9. The van der Waals surface area contributed by atoms with Crippen LogP contribution in [0, 0.1) is 10.8 Å². The summed E-state index contributed by atoms with van der Waals surface area (Å²) in [5.74, 6) is 0. The van der Waals surface area contributed by atoms with Crippen molar-refractivity contribution in [2.24, 2.45) is 10.8 Å². The molecule has 0 radical (unpaired) electrons. The first-order valence-corrected chi connectivity index (χ1v) is 10.1. The molecule has 144 valence electrons. The van der Waals surface area contributed by atoms with Crippen molar-refractivity contribution in [3.63, 3.8) is 0 Å². The molecule has 0 saturated carbocycles. The van der Waals surface area contributed by atoms with Crippen LogP contribution in [0.4, 0.5) is 0 Å². The zero-order chi connectivity index (χ0) is 18.6. The van der Waals surface area contributed by atoms with Crippen molar-refractivity contribution in [3.8, 4) is 0 Å². The quantitative estimate of drug-likeness (QED) is 0.614. The fourth-order valence-corrected chi connectivity index (χ4v) is 4.26. The summed E-state index contributed by atoms with van der Waals surface area (Å²) in [7, 11) is 0. The summed E-state index contributed by atoms with van der Waals surface area (Å²) < 4.78 is 6.39. The van der Waals surface area contributed by atoms with Gasteiger partial charge in [-0.2, -0.15) is 0 Å². The molecule has 0 aliphatic carbocycles. The van der Waals surface area contributed by atoms with Gasteiger partial charge in [0.1, 0.15) is 0 Å². The Labute approximate surface area is 150 Å². The van der Waals surface area contributed by atoms with Gasteiger partial charge in [0.15, 0.2) is 0 Å². The molecular formula is C21H42O3. The molecule has 3 heteroatoms. The second kappa shape index (κ2) is 8.51. The van der Waals surface area contributed by atoms with Gasteiger partial charge in [-0.05, 0) is 42.9 Å². The van der Waals surface area contributed by atoms with Crippen LogP contribution in [0.3, 0.4) is 0 Å². The SMILES string of the molecule is CCC(C)(CC)CC(C)(C)[C@@H]1CCC(O)[C@H](CC(O)(CC)CC)O1. The summed E-state index contributed by atoms with van der Waals surface area (Å²) in [4.78, 5) is 0. The number of ether oxygens (including phenoxy) is 1. The molecule has 0 bridgehead atoms. The van der Waals surface area contributed by atoms with E-state index in [1.165, 1.54) is 12.8 Å². The molecule has 1 rings (SSSR count). The Bertz CT molecular complexity index is 369. The monoisotopic (exact) mass is 342 g/mol. The Morgan fingerprint density at radius 1 is 0.917 bits per heavy atom. The van der Waals surface area contributed by atoms with Crippen molar-refractivity contribution >= 4 is 0 Å². The summed E-state index contributed by atoms with van der Waals surface area (Å²) in [6, 6.07) is 0. The van der Waals surface area contributed by atoms with Crippen molar-refractivity contribution in [1.82, 2.24) is 0 Å². The van der Waals surface area contributed by atoms with Gasteiger partial charge in [0, 0.05) is 6.42 Å². The summed E-state index contributed by atoms with van der Waals surface area (Å²) >= 11 is 0. The predicted molar refractivity (Wildman–Crippen MR) is 101 cm³/mol. The number of hydrogen-bond donors (Lipinski definition) is 2. The minimum absolute atomic E-state index is 0.0791. The first-order valence-electron chi connectivity index (χ1n) is 10.1. The molecule has 1 heterocycles. The van der Waals surface area contributed by atoms with E-state index in [9.17, 15) is 10.2 Å². The second-order valence-corrected chi connectivity index (χ2v) is 9.13. The van der Waals surface area contributed by atoms with Crippen LogP contribution >= 0.6 is 0 Å². The summed E-state index contributed by atoms with van der Waals surface area (Å²) in [6.45, 7) is 15.6. The van der Waals surface area contributed by atoms with Gasteiger partial charge in [-0.1, -0.05) is 61.3 Å². The Balaban J connectivity index is 2.83. The van der Waals surface area contributed by atoms with E-state index >= 15 is 0 Å². The Morgan fingerprint density at radius 3 is 1.92 bits per heavy atom. The standard InChI is InChI=1S/C21H42O3/c1-8-20(7,9-2)15-19(5,6)18-13-12-16(22)17(24-18)14-21(23,10-3)11-4/h16-18,22-23H,8-15H2,1-7H3/t16?,17-,18-/m0/s1. The van der Waals surface area contributed by atoms with Gasteiger partial charge in [-0.15, -0.1) is 0 Å². The van der Waals surface area contributed by atoms with Crippen molar-refractivity contribution in [2.75, 3.05) is 0 Å². The first-order chi connectivity index (χ1) is 11.0. The molecular weight excluding hydrogens is 300 g/mol. The zero-order valence-corrected chi connectivity index (χ0v) is 17.2. The summed E-state index contributed by atoms with van der Waals surface area (Å²) in [5.41, 5.74) is -0.305. The molecule has 24 heavy (non-hydrogen) atoms. The van der Waals surface area contributed by atoms with E-state index in [4.69, 9.17) is 4.74 Å². The van der Waals surface area contributed by atoms with Gasteiger partial charge in [-0.25, -0.2) is 0 Å². The van der Waals surface area contributed by atoms with Gasteiger partial charge in [0.25, 0.3) is 0 Å². The van der Waals surface area contributed by atoms with E-state index in [2.05, 4.69) is 34.6 Å². The van der Waals surface area contributed by atoms with Crippen LogP contribution in [0.1, 0.15) is 99.8 Å². The van der Waals surface area contributed by atoms with E-state index in [1.807, 2.05) is 13.8 Å². The normalized spacial score (nSPS) is 26.6. The molecule has 0 aromatic heterocycles. The highest BCUT2D eigenvalue weighted by atomic mass is 16.5. The Morgan fingerprint density at radius 2 is 1.46 bits per heavy atom. The van der Waals surface area contributed by atoms with Crippen molar-refractivity contribution < 1.29 is 14.9 Å². The van der Waals surface area contributed by atoms with Crippen LogP contribution in [0.5, 0.6) is 0 Å². The molecule has 1 saturated heterocycles. The fourth-order valence-electron chi connectivity index (χ4n) is 4.26. The second-order valence-electron chi connectivity index (χ2n) is 9.13. The highest BCUT2D eigenvalue weighted by Crippen LogP contribution is 2.45. The van der Waals surface area contributed by atoms with E-state index in [0.717, 1.165) is 19.3 Å². The molecule has 1 aliphatic heterocycles. The van der Waals surface area contributed by atoms with Crippen LogP contribution < -0.4 is 0 Å². The van der Waals surface area contributed by atoms with Gasteiger partial charge >= 0.3 is 0 Å². The topological polar surface area (TPSA) is 49.7 Å². The van der Waals surface area contributed by atoms with Crippen molar-refractivity contribution in [2.45, 2.75) is 124 Å². The van der Waals surface area contributed by atoms with Crippen LogP contribution in [-0.2, 0) is 4.74 Å². The molecule has 1 unspecified atom stereocenters. The number of aliphatic hydroxyl groups is 2. The highest BCUT2D eigenvalue weighted by molar-refractivity contribution is 4.93. The van der Waals surface area contributed by atoms with Crippen LogP contribution in [0.2, 0.25) is 0 Å². The average Bonchev–Trinajstić information content (AvgIpc) is 2.56. The lowest BCUT2D eigenvalue weighted by molar-refractivity contribution is -0.179. The van der Waals surface area contributed by atoms with E-state index < -0.39 is 11.7 Å². The molecule has 0 spiro atoms. The maximum Gasteiger partial charge on any atom is 0.0865 e. The van der Waals surface area contributed by atoms with Gasteiger partial charge in [0.05, 0.1) is 23.9 Å². The molecule has 0 aromatic rings. The van der Waals surface area contributed by atoms with Crippen LogP contribution in [0.15, 0.2) is 0 Å². The van der Waals surface area contributed by atoms with Crippen molar-refractivity contribution in [3.05, 3.63) is 0 Å². The maximum absolute atomic E-state index is 10.7. The molecule has 0 amide bonds. The minimum Gasteiger partial charge on any atom is -0.390 e. The van der Waals surface area contributed by atoms with E-state index in [1.54, 1.807) is 0 Å². The largest absolute Gasteiger partial charge is 0.390 e. The Kier molecular flexibility index (Phi) is 7.77. The van der Waals surface area contributed by atoms with E-state index in [-0.39, 0.29) is 17.6 Å². The lowest BCUT2D eigenvalue weighted by Crippen LogP contribution is -2.49. The van der Waals surface area contributed by atoms with Gasteiger partial charge < -0.3 is 14.9 Å². The van der Waals surface area contributed by atoms with Crippen LogP contribution in [0.25, 0.3) is 0 Å². The molecule has 1 fully saturated rings. The summed E-state index contributed by atoms with van der Waals surface area (Å²) in [6.07, 6.45) is 6.56. The molecule has 0 aromatic carbocycles. The average molecular weight is 343 g/mol. The maximum atomic E-state index is 10.7. The van der Waals surface area contributed by atoms with E-state index in [0.29, 0.717) is 24.7 Å². The minimum atomic E-state index is -0.723. The Hall–Kier alpha value is -0.120. The number of hydrogen-bond acceptors (Lipinski definition) is 3. The molecule has 3 atom stereocenters. The molecule has 3 nitrogen and oxygen atoms in total. The predicted octanol–water partition coefficient (Wildman–Crippen LogP) is 5.08. The lowest BCUT2D eigenvalue weighted by Gasteiger charge is -2.46. The number of rotatable bonds is 9. The van der Waals surface area contributed by atoms with Gasteiger partial charge in [0.2, 0.25) is 0 Å².